The number of carbonyl (C=O) groups excluding carboxylic acids is 1. The predicted octanol–water partition coefficient (Wildman–Crippen LogP) is 3.35. The van der Waals surface area contributed by atoms with Gasteiger partial charge in [-0.05, 0) is 49.2 Å². The Bertz CT molecular complexity index is 669. The molecule has 0 aliphatic rings. The maximum Gasteiger partial charge on any atom is 0.254 e. The first-order valence-electron chi connectivity index (χ1n) is 6.50. The van der Waals surface area contributed by atoms with E-state index in [1.807, 2.05) is 0 Å². The van der Waals surface area contributed by atoms with Crippen LogP contribution in [0.15, 0.2) is 36.4 Å². The molecule has 0 saturated heterocycles. The Morgan fingerprint density at radius 3 is 2.43 bits per heavy atom. The van der Waals surface area contributed by atoms with Crippen molar-refractivity contribution in [2.75, 3.05) is 5.73 Å². The van der Waals surface area contributed by atoms with Crippen LogP contribution in [0.5, 0.6) is 0 Å². The van der Waals surface area contributed by atoms with E-state index in [1.54, 1.807) is 26.0 Å². The fourth-order valence-corrected chi connectivity index (χ4v) is 2.07. The Morgan fingerprint density at radius 2 is 1.81 bits per heavy atom. The molecular weight excluding hydrogens is 274 g/mol. The number of hydrogen-bond acceptors (Lipinski definition) is 2. The summed E-state index contributed by atoms with van der Waals surface area (Å²) in [5.74, 6) is -1.50. The van der Waals surface area contributed by atoms with Crippen molar-refractivity contribution < 1.29 is 13.6 Å². The Morgan fingerprint density at radius 1 is 1.19 bits per heavy atom. The van der Waals surface area contributed by atoms with Crippen LogP contribution >= 0.6 is 0 Å². The van der Waals surface area contributed by atoms with E-state index >= 15 is 0 Å². The molecule has 5 heteroatoms. The Balaban J connectivity index is 2.20. The van der Waals surface area contributed by atoms with Crippen LogP contribution in [0.3, 0.4) is 0 Å². The molecule has 0 spiro atoms. The third kappa shape index (κ3) is 3.37. The van der Waals surface area contributed by atoms with Gasteiger partial charge in [0.25, 0.3) is 5.91 Å². The first-order chi connectivity index (χ1) is 9.88. The van der Waals surface area contributed by atoms with Crippen molar-refractivity contribution in [3.05, 3.63) is 64.7 Å². The molecule has 110 valence electrons. The molecule has 1 atom stereocenters. The van der Waals surface area contributed by atoms with Crippen molar-refractivity contribution in [1.82, 2.24) is 5.32 Å². The van der Waals surface area contributed by atoms with E-state index in [0.717, 1.165) is 5.56 Å². The predicted molar refractivity (Wildman–Crippen MR) is 77.8 cm³/mol. The van der Waals surface area contributed by atoms with Crippen molar-refractivity contribution in [3.8, 4) is 0 Å². The van der Waals surface area contributed by atoms with E-state index in [4.69, 9.17) is 5.73 Å². The highest BCUT2D eigenvalue weighted by Crippen LogP contribution is 2.19. The number of carbonyl (C=O) groups is 1. The van der Waals surface area contributed by atoms with Gasteiger partial charge in [-0.15, -0.1) is 0 Å². The van der Waals surface area contributed by atoms with Crippen LogP contribution in [0.4, 0.5) is 14.5 Å². The molecule has 0 bridgehead atoms. The summed E-state index contributed by atoms with van der Waals surface area (Å²) in [6.45, 7) is 3.29. The summed E-state index contributed by atoms with van der Waals surface area (Å²) in [6.07, 6.45) is 0. The average Bonchev–Trinajstić information content (AvgIpc) is 2.43. The van der Waals surface area contributed by atoms with Gasteiger partial charge in [-0.1, -0.05) is 12.1 Å². The number of rotatable bonds is 3. The smallest absolute Gasteiger partial charge is 0.254 e. The van der Waals surface area contributed by atoms with Gasteiger partial charge in [-0.2, -0.15) is 0 Å². The van der Waals surface area contributed by atoms with Gasteiger partial charge in [-0.3, -0.25) is 4.79 Å². The lowest BCUT2D eigenvalue weighted by Gasteiger charge is -2.15. The number of amides is 1. The molecule has 0 radical (unpaired) electrons. The van der Waals surface area contributed by atoms with Gasteiger partial charge in [0.15, 0.2) is 0 Å². The maximum absolute atomic E-state index is 14.0. The molecule has 0 fully saturated rings. The first kappa shape index (κ1) is 15.0. The molecule has 1 amide bonds. The zero-order chi connectivity index (χ0) is 15.6. The SMILES string of the molecule is Cc1cc(N)cc(C(=O)NC(C)c2ccc(F)cc2)c1F. The maximum atomic E-state index is 14.0. The zero-order valence-corrected chi connectivity index (χ0v) is 11.8. The topological polar surface area (TPSA) is 55.1 Å². The molecule has 1 unspecified atom stereocenters. The molecule has 0 aromatic heterocycles. The van der Waals surface area contributed by atoms with E-state index in [0.29, 0.717) is 11.3 Å². The van der Waals surface area contributed by atoms with Gasteiger partial charge < -0.3 is 11.1 Å². The van der Waals surface area contributed by atoms with Crippen LogP contribution in [0.2, 0.25) is 0 Å². The summed E-state index contributed by atoms with van der Waals surface area (Å²) in [7, 11) is 0. The number of nitrogen functional groups attached to an aromatic ring is 1. The molecule has 2 aromatic carbocycles. The normalized spacial score (nSPS) is 12.0. The summed E-state index contributed by atoms with van der Waals surface area (Å²) in [5, 5.41) is 2.67. The fourth-order valence-electron chi connectivity index (χ4n) is 2.07. The Labute approximate surface area is 121 Å². The Kier molecular flexibility index (Phi) is 4.21. The van der Waals surface area contributed by atoms with E-state index < -0.39 is 11.7 Å². The number of anilines is 1. The van der Waals surface area contributed by atoms with Gasteiger partial charge in [0.05, 0.1) is 11.6 Å². The molecule has 0 saturated carbocycles. The lowest BCUT2D eigenvalue weighted by Crippen LogP contribution is -2.27. The molecule has 3 N–H and O–H groups in total. The fraction of sp³-hybridized carbons (Fsp3) is 0.188. The lowest BCUT2D eigenvalue weighted by molar-refractivity contribution is 0.0935. The number of nitrogens with one attached hydrogen (secondary N) is 1. The number of halogens is 2. The average molecular weight is 290 g/mol. The van der Waals surface area contributed by atoms with Crippen LogP contribution in [-0.4, -0.2) is 5.91 Å². The molecule has 0 aliphatic carbocycles. The molecule has 21 heavy (non-hydrogen) atoms. The van der Waals surface area contributed by atoms with Gasteiger partial charge >= 0.3 is 0 Å². The van der Waals surface area contributed by atoms with E-state index in [9.17, 15) is 13.6 Å². The zero-order valence-electron chi connectivity index (χ0n) is 11.8. The summed E-state index contributed by atoms with van der Waals surface area (Å²) in [5.41, 5.74) is 6.91. The summed E-state index contributed by atoms with van der Waals surface area (Å²) in [6, 6.07) is 8.15. The van der Waals surface area contributed by atoms with Crippen LogP contribution in [0.1, 0.15) is 34.5 Å². The van der Waals surface area contributed by atoms with Crippen LogP contribution in [-0.2, 0) is 0 Å². The molecule has 2 rings (SSSR count). The van der Waals surface area contributed by atoms with Gasteiger partial charge in [0.2, 0.25) is 0 Å². The number of benzene rings is 2. The second kappa shape index (κ2) is 5.91. The summed E-state index contributed by atoms with van der Waals surface area (Å²) < 4.78 is 26.8. The van der Waals surface area contributed by atoms with Crippen LogP contribution < -0.4 is 11.1 Å². The minimum absolute atomic E-state index is 0.0959. The minimum Gasteiger partial charge on any atom is -0.399 e. The van der Waals surface area contributed by atoms with Crippen LogP contribution in [0, 0.1) is 18.6 Å². The highest BCUT2D eigenvalue weighted by molar-refractivity contribution is 5.95. The summed E-state index contributed by atoms with van der Waals surface area (Å²) in [4.78, 5) is 12.1. The first-order valence-corrected chi connectivity index (χ1v) is 6.50. The van der Waals surface area contributed by atoms with E-state index in [-0.39, 0.29) is 17.4 Å². The monoisotopic (exact) mass is 290 g/mol. The largest absolute Gasteiger partial charge is 0.399 e. The van der Waals surface area contributed by atoms with Crippen LogP contribution in [0.25, 0.3) is 0 Å². The molecule has 0 aliphatic heterocycles. The van der Waals surface area contributed by atoms with Crippen molar-refractivity contribution >= 4 is 11.6 Å². The summed E-state index contributed by atoms with van der Waals surface area (Å²) >= 11 is 0. The molecule has 2 aromatic rings. The second-order valence-corrected chi connectivity index (χ2v) is 4.95. The molecular formula is C16H16F2N2O. The quantitative estimate of drug-likeness (QED) is 0.852. The van der Waals surface area contributed by atoms with Gasteiger partial charge in [-0.25, -0.2) is 8.78 Å². The highest BCUT2D eigenvalue weighted by Gasteiger charge is 2.17. The van der Waals surface area contributed by atoms with E-state index in [1.165, 1.54) is 24.3 Å². The highest BCUT2D eigenvalue weighted by atomic mass is 19.1. The van der Waals surface area contributed by atoms with Crippen molar-refractivity contribution in [2.24, 2.45) is 0 Å². The minimum atomic E-state index is -0.590. The lowest BCUT2D eigenvalue weighted by atomic mass is 10.1. The molecule has 3 nitrogen and oxygen atoms in total. The second-order valence-electron chi connectivity index (χ2n) is 4.95. The standard InChI is InChI=1S/C16H16F2N2O/c1-9-7-13(19)8-14(15(9)18)16(21)20-10(2)11-3-5-12(17)6-4-11/h3-8,10H,19H2,1-2H3,(H,20,21). The van der Waals surface area contributed by atoms with Crippen molar-refractivity contribution in [1.29, 1.82) is 0 Å². The third-order valence-corrected chi connectivity index (χ3v) is 3.24. The molecule has 0 heterocycles. The van der Waals surface area contributed by atoms with Gasteiger partial charge in [0, 0.05) is 5.69 Å². The number of hydrogen-bond donors (Lipinski definition) is 2. The van der Waals surface area contributed by atoms with E-state index in [2.05, 4.69) is 5.32 Å². The number of nitrogens with two attached hydrogens (primary N) is 1. The van der Waals surface area contributed by atoms with Gasteiger partial charge in [0.1, 0.15) is 11.6 Å². The third-order valence-electron chi connectivity index (χ3n) is 3.24. The Hall–Kier alpha value is -2.43. The van der Waals surface area contributed by atoms with Crippen molar-refractivity contribution in [3.63, 3.8) is 0 Å². The van der Waals surface area contributed by atoms with Crippen molar-refractivity contribution in [2.45, 2.75) is 19.9 Å². The number of aryl methyl sites for hydroxylation is 1.